The second kappa shape index (κ2) is 9.18. The first kappa shape index (κ1) is 19.0. The Bertz CT molecular complexity index is 520. The number of carbonyl (C=O) groups is 2. The summed E-state index contributed by atoms with van der Waals surface area (Å²) in [6, 6.07) is 7.74. The Morgan fingerprint density at radius 2 is 1.83 bits per heavy atom. The lowest BCUT2D eigenvalue weighted by atomic mass is 9.86. The fraction of sp³-hybridized carbons (Fsp3) is 0.556. The summed E-state index contributed by atoms with van der Waals surface area (Å²) < 4.78 is 5.65. The van der Waals surface area contributed by atoms with Gasteiger partial charge in [0.15, 0.2) is 6.61 Å². The van der Waals surface area contributed by atoms with Crippen molar-refractivity contribution in [2.45, 2.75) is 51.9 Å². The molecule has 0 aliphatic carbocycles. The van der Waals surface area contributed by atoms with Gasteiger partial charge >= 0.3 is 5.97 Å². The Labute approximate surface area is 138 Å². The van der Waals surface area contributed by atoms with Crippen LogP contribution in [0.4, 0.5) is 0 Å². The maximum atomic E-state index is 11.8. The largest absolute Gasteiger partial charge is 0.483 e. The summed E-state index contributed by atoms with van der Waals surface area (Å²) in [4.78, 5) is 22.2. The van der Waals surface area contributed by atoms with Gasteiger partial charge in [0.2, 0.25) is 0 Å². The molecule has 0 saturated carbocycles. The van der Waals surface area contributed by atoms with Crippen molar-refractivity contribution >= 4 is 11.9 Å². The third kappa shape index (κ3) is 7.68. The van der Waals surface area contributed by atoms with E-state index < -0.39 is 5.97 Å². The van der Waals surface area contributed by atoms with E-state index in [1.165, 1.54) is 0 Å². The number of hydrogen-bond donors (Lipinski definition) is 2. The first-order valence-corrected chi connectivity index (χ1v) is 8.01. The van der Waals surface area contributed by atoms with E-state index in [1.54, 1.807) is 0 Å². The highest BCUT2D eigenvalue weighted by atomic mass is 16.5. The van der Waals surface area contributed by atoms with E-state index in [0.29, 0.717) is 13.0 Å². The minimum atomic E-state index is -0.778. The molecular weight excluding hydrogens is 294 g/mol. The molecule has 0 bridgehead atoms. The summed E-state index contributed by atoms with van der Waals surface area (Å²) in [7, 11) is 0. The van der Waals surface area contributed by atoms with Gasteiger partial charge < -0.3 is 15.2 Å². The van der Waals surface area contributed by atoms with Gasteiger partial charge in [0.05, 0.1) is 0 Å². The maximum absolute atomic E-state index is 11.8. The number of hydrogen-bond acceptors (Lipinski definition) is 3. The fourth-order valence-electron chi connectivity index (χ4n) is 2.21. The molecule has 1 aromatic carbocycles. The lowest BCUT2D eigenvalue weighted by Crippen LogP contribution is -2.30. The predicted molar refractivity (Wildman–Crippen MR) is 89.8 cm³/mol. The minimum absolute atomic E-state index is 0.0117. The van der Waals surface area contributed by atoms with Crippen LogP contribution in [0.15, 0.2) is 24.3 Å². The van der Waals surface area contributed by atoms with Crippen LogP contribution in [0.2, 0.25) is 0 Å². The van der Waals surface area contributed by atoms with Crippen LogP contribution in [0.1, 0.15) is 52.0 Å². The summed E-state index contributed by atoms with van der Waals surface area (Å²) in [5.41, 5.74) is 1.03. The predicted octanol–water partition coefficient (Wildman–Crippen LogP) is 3.12. The number of carboxylic acid groups (broad SMARTS) is 1. The zero-order valence-corrected chi connectivity index (χ0v) is 14.2. The molecule has 0 radical (unpaired) electrons. The number of unbranched alkanes of at least 4 members (excludes halogenated alkanes) is 2. The summed E-state index contributed by atoms with van der Waals surface area (Å²) in [6.07, 6.45) is 2.39. The molecule has 0 atom stereocenters. The van der Waals surface area contributed by atoms with Crippen LogP contribution < -0.4 is 10.1 Å². The molecule has 0 heterocycles. The van der Waals surface area contributed by atoms with Crippen LogP contribution in [0, 0.1) is 0 Å². The van der Waals surface area contributed by atoms with Gasteiger partial charge in [-0.15, -0.1) is 0 Å². The Morgan fingerprint density at radius 3 is 2.48 bits per heavy atom. The number of nitrogens with one attached hydrogen (secondary N) is 1. The van der Waals surface area contributed by atoms with Crippen LogP contribution in [0.5, 0.6) is 5.75 Å². The fourth-order valence-corrected chi connectivity index (χ4v) is 2.21. The van der Waals surface area contributed by atoms with Crippen molar-refractivity contribution in [1.82, 2.24) is 5.32 Å². The molecule has 1 aromatic rings. The topological polar surface area (TPSA) is 75.6 Å². The van der Waals surface area contributed by atoms with Crippen molar-refractivity contribution in [1.29, 1.82) is 0 Å². The smallest absolute Gasteiger partial charge is 0.303 e. The molecule has 2 N–H and O–H groups in total. The number of amides is 1. The van der Waals surface area contributed by atoms with Gasteiger partial charge in [-0.05, 0) is 29.9 Å². The molecule has 128 valence electrons. The average Bonchev–Trinajstić information content (AvgIpc) is 2.47. The van der Waals surface area contributed by atoms with Crippen LogP contribution in [0.25, 0.3) is 0 Å². The number of ether oxygens (including phenoxy) is 1. The minimum Gasteiger partial charge on any atom is -0.483 e. The number of carbonyl (C=O) groups excluding carboxylic acids is 1. The van der Waals surface area contributed by atoms with Crippen molar-refractivity contribution in [3.63, 3.8) is 0 Å². The van der Waals surface area contributed by atoms with Gasteiger partial charge in [-0.2, -0.15) is 0 Å². The molecule has 0 saturated heterocycles. The highest BCUT2D eigenvalue weighted by Gasteiger charge is 2.18. The Hall–Kier alpha value is -2.04. The van der Waals surface area contributed by atoms with E-state index in [2.05, 4.69) is 26.1 Å². The summed E-state index contributed by atoms with van der Waals surface area (Å²) in [5.74, 6) is -0.205. The molecular formula is C18H27NO4. The van der Waals surface area contributed by atoms with E-state index in [-0.39, 0.29) is 24.3 Å². The van der Waals surface area contributed by atoms with Crippen LogP contribution in [0.3, 0.4) is 0 Å². The molecule has 1 amide bonds. The number of aliphatic carboxylic acids is 1. The van der Waals surface area contributed by atoms with Gasteiger partial charge in [-0.25, -0.2) is 0 Å². The van der Waals surface area contributed by atoms with E-state index in [4.69, 9.17) is 9.84 Å². The van der Waals surface area contributed by atoms with Crippen LogP contribution in [-0.2, 0) is 15.0 Å². The molecule has 0 unspecified atom stereocenters. The first-order chi connectivity index (χ1) is 10.8. The number of para-hydroxylation sites is 1. The molecule has 23 heavy (non-hydrogen) atoms. The summed E-state index contributed by atoms with van der Waals surface area (Å²) in [6.45, 7) is 6.84. The van der Waals surface area contributed by atoms with E-state index in [0.717, 1.165) is 24.2 Å². The Balaban J connectivity index is 2.30. The van der Waals surface area contributed by atoms with Crippen LogP contribution in [-0.4, -0.2) is 30.1 Å². The lowest BCUT2D eigenvalue weighted by molar-refractivity contribution is -0.137. The Morgan fingerprint density at radius 1 is 1.13 bits per heavy atom. The average molecular weight is 321 g/mol. The van der Waals surface area contributed by atoms with Crippen molar-refractivity contribution in [2.24, 2.45) is 0 Å². The van der Waals surface area contributed by atoms with Gasteiger partial charge in [-0.1, -0.05) is 45.4 Å². The highest BCUT2D eigenvalue weighted by molar-refractivity contribution is 5.77. The summed E-state index contributed by atoms with van der Waals surface area (Å²) in [5, 5.41) is 11.3. The second-order valence-corrected chi connectivity index (χ2v) is 6.59. The maximum Gasteiger partial charge on any atom is 0.303 e. The zero-order chi connectivity index (χ0) is 17.3. The number of benzene rings is 1. The van der Waals surface area contributed by atoms with Gasteiger partial charge in [-0.3, -0.25) is 9.59 Å². The molecule has 0 aliphatic rings. The van der Waals surface area contributed by atoms with Crippen molar-refractivity contribution in [3.05, 3.63) is 29.8 Å². The molecule has 0 aromatic heterocycles. The molecule has 5 heteroatoms. The first-order valence-electron chi connectivity index (χ1n) is 8.01. The quantitative estimate of drug-likeness (QED) is 0.685. The third-order valence-electron chi connectivity index (χ3n) is 3.44. The Kier molecular flexibility index (Phi) is 7.59. The third-order valence-corrected chi connectivity index (χ3v) is 3.44. The SMILES string of the molecule is CC(C)(C)c1ccccc1OCC(=O)NCCCCCC(=O)O. The van der Waals surface area contributed by atoms with Crippen molar-refractivity contribution in [2.75, 3.05) is 13.2 Å². The molecule has 0 fully saturated rings. The number of rotatable bonds is 9. The van der Waals surface area contributed by atoms with Gasteiger partial charge in [0.1, 0.15) is 5.75 Å². The molecule has 1 rings (SSSR count). The lowest BCUT2D eigenvalue weighted by Gasteiger charge is -2.22. The van der Waals surface area contributed by atoms with E-state index in [1.807, 2.05) is 24.3 Å². The van der Waals surface area contributed by atoms with E-state index >= 15 is 0 Å². The van der Waals surface area contributed by atoms with Crippen molar-refractivity contribution in [3.8, 4) is 5.75 Å². The highest BCUT2D eigenvalue weighted by Crippen LogP contribution is 2.30. The normalized spacial score (nSPS) is 11.1. The standard InChI is InChI=1S/C18H27NO4/c1-18(2,3)14-9-6-7-10-15(14)23-13-16(20)19-12-8-4-5-11-17(21)22/h6-7,9-10H,4-5,8,11-13H2,1-3H3,(H,19,20)(H,21,22). The summed E-state index contributed by atoms with van der Waals surface area (Å²) >= 11 is 0. The zero-order valence-electron chi connectivity index (χ0n) is 14.2. The molecule has 0 aliphatic heterocycles. The van der Waals surface area contributed by atoms with Crippen molar-refractivity contribution < 1.29 is 19.4 Å². The van der Waals surface area contributed by atoms with Crippen LogP contribution >= 0.6 is 0 Å². The number of carboxylic acids is 1. The molecule has 5 nitrogen and oxygen atoms in total. The second-order valence-electron chi connectivity index (χ2n) is 6.59. The van der Waals surface area contributed by atoms with Gasteiger partial charge in [0.25, 0.3) is 5.91 Å². The molecule has 0 spiro atoms. The van der Waals surface area contributed by atoms with Gasteiger partial charge in [0, 0.05) is 13.0 Å². The van der Waals surface area contributed by atoms with E-state index in [9.17, 15) is 9.59 Å². The monoisotopic (exact) mass is 321 g/mol.